The van der Waals surface area contributed by atoms with E-state index in [-0.39, 0.29) is 11.3 Å². The molecular weight excluding hydrogens is 516 g/mol. The van der Waals surface area contributed by atoms with E-state index in [4.69, 9.17) is 9.47 Å². The molecule has 0 aliphatic carbocycles. The lowest BCUT2D eigenvalue weighted by molar-refractivity contribution is -0.140. The summed E-state index contributed by atoms with van der Waals surface area (Å²) in [7, 11) is 1.56. The SMILES string of the molecule is CCN(CC)CCCN1C(=O)C(=O)C(=C(O)c2cc(C)ccc2C)C1c1ccc(OCc2ccccc2)c(OC)c1. The van der Waals surface area contributed by atoms with Crippen LogP contribution in [0.1, 0.15) is 54.1 Å². The van der Waals surface area contributed by atoms with Gasteiger partial charge < -0.3 is 24.4 Å². The van der Waals surface area contributed by atoms with Crippen molar-refractivity contribution in [3.8, 4) is 11.5 Å². The summed E-state index contributed by atoms with van der Waals surface area (Å²) >= 11 is 0. The van der Waals surface area contributed by atoms with Crippen molar-refractivity contribution < 1.29 is 24.2 Å². The first-order valence-corrected chi connectivity index (χ1v) is 14.2. The van der Waals surface area contributed by atoms with Gasteiger partial charge in [-0.05, 0) is 74.8 Å². The van der Waals surface area contributed by atoms with Gasteiger partial charge in [-0.25, -0.2) is 0 Å². The van der Waals surface area contributed by atoms with Gasteiger partial charge in [0.15, 0.2) is 11.5 Å². The molecule has 1 heterocycles. The number of Topliss-reactive ketones (excluding diaryl/α,β-unsaturated/α-hetero) is 1. The number of ketones is 1. The Labute approximate surface area is 243 Å². The van der Waals surface area contributed by atoms with Crippen LogP contribution in [0.25, 0.3) is 5.76 Å². The number of methoxy groups -OCH3 is 1. The van der Waals surface area contributed by atoms with Crippen LogP contribution in [-0.2, 0) is 16.2 Å². The third kappa shape index (κ3) is 6.63. The summed E-state index contributed by atoms with van der Waals surface area (Å²) < 4.78 is 11.7. The number of benzene rings is 3. The Morgan fingerprint density at radius 2 is 1.68 bits per heavy atom. The van der Waals surface area contributed by atoms with Crippen LogP contribution in [0.4, 0.5) is 0 Å². The van der Waals surface area contributed by atoms with Gasteiger partial charge in [-0.2, -0.15) is 0 Å². The lowest BCUT2D eigenvalue weighted by atomic mass is 9.93. The largest absolute Gasteiger partial charge is 0.507 e. The molecule has 1 aliphatic heterocycles. The summed E-state index contributed by atoms with van der Waals surface area (Å²) in [6.07, 6.45) is 0.699. The number of aliphatic hydroxyl groups is 1. The molecule has 0 saturated carbocycles. The van der Waals surface area contributed by atoms with Gasteiger partial charge in [0.1, 0.15) is 12.4 Å². The summed E-state index contributed by atoms with van der Waals surface area (Å²) in [6, 6.07) is 20.2. The number of ether oxygens (including phenoxy) is 2. The molecule has 1 amide bonds. The second kappa shape index (κ2) is 13.5. The first-order chi connectivity index (χ1) is 19.8. The van der Waals surface area contributed by atoms with Gasteiger partial charge in [-0.15, -0.1) is 0 Å². The predicted octanol–water partition coefficient (Wildman–Crippen LogP) is 6.04. The zero-order chi connectivity index (χ0) is 29.5. The molecule has 1 aliphatic rings. The molecule has 7 heteroatoms. The topological polar surface area (TPSA) is 79.3 Å². The highest BCUT2D eigenvalue weighted by atomic mass is 16.5. The Morgan fingerprint density at radius 1 is 0.951 bits per heavy atom. The van der Waals surface area contributed by atoms with Crippen molar-refractivity contribution in [2.24, 2.45) is 0 Å². The van der Waals surface area contributed by atoms with E-state index in [2.05, 4.69) is 18.7 Å². The fourth-order valence-electron chi connectivity index (χ4n) is 5.31. The Balaban J connectivity index is 1.75. The van der Waals surface area contributed by atoms with Gasteiger partial charge in [-0.3, -0.25) is 9.59 Å². The lowest BCUT2D eigenvalue weighted by Crippen LogP contribution is -2.33. The van der Waals surface area contributed by atoms with E-state index in [1.54, 1.807) is 24.1 Å². The summed E-state index contributed by atoms with van der Waals surface area (Å²) in [5.41, 5.74) is 4.10. The van der Waals surface area contributed by atoms with E-state index in [0.29, 0.717) is 42.2 Å². The van der Waals surface area contributed by atoms with Crippen LogP contribution in [0.5, 0.6) is 11.5 Å². The smallest absolute Gasteiger partial charge is 0.295 e. The molecule has 0 spiro atoms. The maximum absolute atomic E-state index is 13.5. The van der Waals surface area contributed by atoms with Gasteiger partial charge in [0.25, 0.3) is 11.7 Å². The van der Waals surface area contributed by atoms with E-state index in [1.165, 1.54) is 0 Å². The van der Waals surface area contributed by atoms with Crippen LogP contribution >= 0.6 is 0 Å². The molecule has 4 rings (SSSR count). The van der Waals surface area contributed by atoms with E-state index in [0.717, 1.165) is 36.3 Å². The number of likely N-dealkylation sites (tertiary alicyclic amines) is 1. The quantitative estimate of drug-likeness (QED) is 0.166. The summed E-state index contributed by atoms with van der Waals surface area (Å²) in [6.45, 7) is 11.4. The number of aliphatic hydroxyl groups excluding tert-OH is 1. The van der Waals surface area contributed by atoms with Crippen molar-refractivity contribution in [1.82, 2.24) is 9.80 Å². The van der Waals surface area contributed by atoms with Crippen molar-refractivity contribution >= 4 is 17.4 Å². The Hall–Kier alpha value is -4.10. The maximum Gasteiger partial charge on any atom is 0.295 e. The minimum Gasteiger partial charge on any atom is -0.507 e. The first-order valence-electron chi connectivity index (χ1n) is 14.2. The number of amides is 1. The number of hydrogen-bond acceptors (Lipinski definition) is 6. The molecule has 0 aromatic heterocycles. The Morgan fingerprint density at radius 3 is 2.37 bits per heavy atom. The van der Waals surface area contributed by atoms with Crippen molar-refractivity contribution in [2.45, 2.75) is 46.8 Å². The molecule has 1 unspecified atom stereocenters. The van der Waals surface area contributed by atoms with Crippen molar-refractivity contribution in [1.29, 1.82) is 0 Å². The average molecular weight is 557 g/mol. The van der Waals surface area contributed by atoms with Gasteiger partial charge in [0.05, 0.1) is 18.7 Å². The molecule has 0 bridgehead atoms. The van der Waals surface area contributed by atoms with Gasteiger partial charge in [0, 0.05) is 12.1 Å². The average Bonchev–Trinajstić information content (AvgIpc) is 3.24. The molecule has 1 saturated heterocycles. The second-order valence-electron chi connectivity index (χ2n) is 10.4. The van der Waals surface area contributed by atoms with Crippen LogP contribution in [-0.4, -0.2) is 59.9 Å². The highest BCUT2D eigenvalue weighted by Crippen LogP contribution is 2.42. The van der Waals surface area contributed by atoms with Crippen molar-refractivity contribution in [3.05, 3.63) is 100 Å². The zero-order valence-corrected chi connectivity index (χ0v) is 24.6. The fraction of sp³-hybridized carbons (Fsp3) is 0.353. The van der Waals surface area contributed by atoms with Gasteiger partial charge in [0.2, 0.25) is 0 Å². The van der Waals surface area contributed by atoms with E-state index < -0.39 is 17.7 Å². The summed E-state index contributed by atoms with van der Waals surface area (Å²) in [5.74, 6) is -0.416. The molecule has 0 radical (unpaired) electrons. The van der Waals surface area contributed by atoms with Crippen LogP contribution in [0.3, 0.4) is 0 Å². The van der Waals surface area contributed by atoms with Crippen LogP contribution in [0, 0.1) is 13.8 Å². The third-order valence-corrected chi connectivity index (χ3v) is 7.70. The van der Waals surface area contributed by atoms with Crippen molar-refractivity contribution in [2.75, 3.05) is 33.3 Å². The number of carbonyl (C=O) groups excluding carboxylic acids is 2. The molecule has 216 valence electrons. The number of carbonyl (C=O) groups is 2. The number of hydrogen-bond donors (Lipinski definition) is 1. The molecule has 3 aromatic carbocycles. The maximum atomic E-state index is 13.5. The predicted molar refractivity (Wildman–Crippen MR) is 161 cm³/mol. The fourth-order valence-corrected chi connectivity index (χ4v) is 5.31. The molecule has 3 aromatic rings. The zero-order valence-electron chi connectivity index (χ0n) is 24.6. The van der Waals surface area contributed by atoms with Gasteiger partial charge >= 0.3 is 0 Å². The summed E-state index contributed by atoms with van der Waals surface area (Å²) in [5, 5.41) is 11.6. The highest BCUT2D eigenvalue weighted by molar-refractivity contribution is 6.46. The van der Waals surface area contributed by atoms with Crippen LogP contribution in [0.2, 0.25) is 0 Å². The minimum absolute atomic E-state index is 0.0894. The third-order valence-electron chi connectivity index (χ3n) is 7.70. The monoisotopic (exact) mass is 556 g/mol. The Bertz CT molecular complexity index is 1410. The van der Waals surface area contributed by atoms with Gasteiger partial charge in [-0.1, -0.05) is 67.9 Å². The number of rotatable bonds is 12. The second-order valence-corrected chi connectivity index (χ2v) is 10.4. The first kappa shape index (κ1) is 29.9. The molecule has 1 fully saturated rings. The van der Waals surface area contributed by atoms with E-state index in [9.17, 15) is 14.7 Å². The number of aryl methyl sites for hydroxylation is 2. The lowest BCUT2D eigenvalue weighted by Gasteiger charge is -2.27. The van der Waals surface area contributed by atoms with Crippen molar-refractivity contribution in [3.63, 3.8) is 0 Å². The molecular formula is C34H40N2O5. The molecule has 41 heavy (non-hydrogen) atoms. The van der Waals surface area contributed by atoms with E-state index in [1.807, 2.05) is 68.4 Å². The van der Waals surface area contributed by atoms with Crippen LogP contribution in [0.15, 0.2) is 72.3 Å². The van der Waals surface area contributed by atoms with E-state index >= 15 is 0 Å². The number of nitrogens with zero attached hydrogens (tertiary/aromatic N) is 2. The highest BCUT2D eigenvalue weighted by Gasteiger charge is 2.46. The van der Waals surface area contributed by atoms with Crippen LogP contribution < -0.4 is 9.47 Å². The minimum atomic E-state index is -0.760. The molecule has 7 nitrogen and oxygen atoms in total. The Kier molecular flexibility index (Phi) is 9.84. The summed E-state index contributed by atoms with van der Waals surface area (Å²) in [4.78, 5) is 30.8. The molecule has 1 N–H and O–H groups in total. The normalized spacial score (nSPS) is 16.4. The standard InChI is InChI=1S/C34H40N2O5/c1-6-35(7-2)18-11-19-36-31(30(33(38)34(36)39)32(37)27-20-23(3)14-15-24(27)4)26-16-17-28(29(21-26)40-5)41-22-25-12-9-8-10-13-25/h8-10,12-17,20-21,31,37H,6-7,11,18-19,22H2,1-5H3. The molecule has 1 atom stereocenters.